The van der Waals surface area contributed by atoms with Gasteiger partial charge in [0.1, 0.15) is 0 Å². The average molecular weight is 269 g/mol. The summed E-state index contributed by atoms with van der Waals surface area (Å²) in [4.78, 5) is 26.4. The summed E-state index contributed by atoms with van der Waals surface area (Å²) in [6, 6.07) is 2.73. The maximum atomic E-state index is 11.0. The Labute approximate surface area is 108 Å². The van der Waals surface area contributed by atoms with Crippen LogP contribution in [-0.2, 0) is 9.63 Å². The molecule has 0 aromatic heterocycles. The van der Waals surface area contributed by atoms with Crippen molar-refractivity contribution in [2.45, 2.75) is 6.92 Å². The lowest BCUT2D eigenvalue weighted by Gasteiger charge is -2.25. The Bertz CT molecular complexity index is 556. The van der Waals surface area contributed by atoms with Crippen LogP contribution in [0, 0.1) is 10.1 Å². The molecule has 0 fully saturated rings. The molecular weight excluding hydrogens is 260 g/mol. The summed E-state index contributed by atoms with van der Waals surface area (Å²) in [6.07, 6.45) is 3.38. The van der Waals surface area contributed by atoms with Crippen molar-refractivity contribution in [1.29, 1.82) is 0 Å². The largest absolute Gasteiger partial charge is 0.341 e. The number of nitrogens with zero attached hydrogens (tertiary/aromatic N) is 2. The molecular formula is C11H9ClN2O4. The predicted molar refractivity (Wildman–Crippen MR) is 66.3 cm³/mol. The number of nitro benzene ring substituents is 1. The predicted octanol–water partition coefficient (Wildman–Crippen LogP) is 2.56. The number of fused-ring (bicyclic) bond motifs is 1. The van der Waals surface area contributed by atoms with Crippen LogP contribution in [0.4, 0.5) is 11.4 Å². The third-order valence-corrected chi connectivity index (χ3v) is 2.71. The number of hydrogen-bond acceptors (Lipinski definition) is 5. The second-order valence-corrected chi connectivity index (χ2v) is 4.04. The summed E-state index contributed by atoms with van der Waals surface area (Å²) in [5.74, 6) is -0.550. The second kappa shape index (κ2) is 4.66. The quantitative estimate of drug-likeness (QED) is 0.609. The van der Waals surface area contributed by atoms with E-state index in [4.69, 9.17) is 16.4 Å². The first kappa shape index (κ1) is 12.4. The Hall–Kier alpha value is -2.08. The first-order valence-electron chi connectivity index (χ1n) is 5.10. The molecule has 0 amide bonds. The maximum absolute atomic E-state index is 11.0. The van der Waals surface area contributed by atoms with E-state index in [0.29, 0.717) is 10.6 Å². The summed E-state index contributed by atoms with van der Waals surface area (Å²) >= 11 is 5.98. The number of hydrogen-bond donors (Lipinski definition) is 0. The van der Waals surface area contributed by atoms with Gasteiger partial charge in [-0.15, -0.1) is 0 Å². The molecule has 2 rings (SSSR count). The lowest BCUT2D eigenvalue weighted by molar-refractivity contribution is -0.384. The van der Waals surface area contributed by atoms with Gasteiger partial charge < -0.3 is 4.84 Å². The Morgan fingerprint density at radius 3 is 2.89 bits per heavy atom. The van der Waals surface area contributed by atoms with E-state index < -0.39 is 10.9 Å². The van der Waals surface area contributed by atoms with E-state index in [9.17, 15) is 14.9 Å². The zero-order chi connectivity index (χ0) is 13.3. The SMILES string of the molecule is CC(=O)ON1CC=Cc2c(Cl)ccc([N+](=O)[O-])c21. The van der Waals surface area contributed by atoms with Crippen LogP contribution in [0.3, 0.4) is 0 Å². The molecule has 1 aromatic rings. The van der Waals surface area contributed by atoms with E-state index >= 15 is 0 Å². The van der Waals surface area contributed by atoms with Crippen molar-refractivity contribution in [2.75, 3.05) is 11.6 Å². The van der Waals surface area contributed by atoms with Crippen molar-refractivity contribution in [3.05, 3.63) is 38.9 Å². The number of hydroxylamine groups is 1. The van der Waals surface area contributed by atoms with Gasteiger partial charge in [-0.3, -0.25) is 14.9 Å². The van der Waals surface area contributed by atoms with Crippen molar-refractivity contribution >= 4 is 35.0 Å². The number of rotatable bonds is 2. The van der Waals surface area contributed by atoms with Crippen LogP contribution in [0.25, 0.3) is 6.08 Å². The number of benzene rings is 1. The van der Waals surface area contributed by atoms with E-state index in [1.807, 2.05) is 0 Å². The molecule has 0 unspecified atom stereocenters. The minimum atomic E-state index is -0.550. The van der Waals surface area contributed by atoms with Gasteiger partial charge in [0.15, 0.2) is 5.69 Å². The van der Waals surface area contributed by atoms with Crippen LogP contribution in [0.15, 0.2) is 18.2 Å². The molecule has 18 heavy (non-hydrogen) atoms. The fourth-order valence-electron chi connectivity index (χ4n) is 1.74. The minimum absolute atomic E-state index is 0.153. The van der Waals surface area contributed by atoms with Crippen molar-refractivity contribution < 1.29 is 14.6 Å². The topological polar surface area (TPSA) is 72.7 Å². The molecule has 1 aliphatic heterocycles. The standard InChI is InChI=1S/C11H9ClN2O4/c1-7(15)18-13-6-2-3-8-9(12)4-5-10(11(8)13)14(16)17/h2-5H,6H2,1H3. The van der Waals surface area contributed by atoms with Crippen molar-refractivity contribution in [3.8, 4) is 0 Å². The molecule has 0 saturated carbocycles. The van der Waals surface area contributed by atoms with Crippen LogP contribution >= 0.6 is 11.6 Å². The van der Waals surface area contributed by atoms with E-state index in [-0.39, 0.29) is 17.9 Å². The Kier molecular flexibility index (Phi) is 3.20. The third-order valence-electron chi connectivity index (χ3n) is 2.38. The van der Waals surface area contributed by atoms with E-state index in [1.165, 1.54) is 24.1 Å². The van der Waals surface area contributed by atoms with Crippen molar-refractivity contribution in [1.82, 2.24) is 0 Å². The lowest BCUT2D eigenvalue weighted by Crippen LogP contribution is -2.29. The molecule has 0 bridgehead atoms. The van der Waals surface area contributed by atoms with Crippen LogP contribution in [0.5, 0.6) is 0 Å². The van der Waals surface area contributed by atoms with Crippen molar-refractivity contribution in [2.24, 2.45) is 0 Å². The monoisotopic (exact) mass is 268 g/mol. The number of nitro groups is 1. The number of carbonyl (C=O) groups is 1. The summed E-state index contributed by atoms with van der Waals surface area (Å²) in [7, 11) is 0. The van der Waals surface area contributed by atoms with Gasteiger partial charge in [-0.2, -0.15) is 5.06 Å². The van der Waals surface area contributed by atoms with Gasteiger partial charge in [-0.1, -0.05) is 23.8 Å². The Morgan fingerprint density at radius 2 is 2.28 bits per heavy atom. The molecule has 0 atom stereocenters. The molecule has 1 aromatic carbocycles. The molecule has 0 spiro atoms. The molecule has 0 saturated heterocycles. The first-order valence-corrected chi connectivity index (χ1v) is 5.48. The number of anilines is 1. The van der Waals surface area contributed by atoms with E-state index in [2.05, 4.69) is 0 Å². The highest BCUT2D eigenvalue weighted by Gasteiger charge is 2.28. The zero-order valence-electron chi connectivity index (χ0n) is 9.42. The molecule has 6 nitrogen and oxygen atoms in total. The summed E-state index contributed by atoms with van der Waals surface area (Å²) in [5, 5.41) is 12.5. The fraction of sp³-hybridized carbons (Fsp3) is 0.182. The number of halogens is 1. The van der Waals surface area contributed by atoms with Crippen LogP contribution in [0.1, 0.15) is 12.5 Å². The van der Waals surface area contributed by atoms with Crippen LogP contribution < -0.4 is 5.06 Å². The van der Waals surface area contributed by atoms with Gasteiger partial charge in [0.25, 0.3) is 5.69 Å². The second-order valence-electron chi connectivity index (χ2n) is 3.63. The van der Waals surface area contributed by atoms with E-state index in [0.717, 1.165) is 0 Å². The molecule has 0 aliphatic carbocycles. The lowest BCUT2D eigenvalue weighted by atomic mass is 10.1. The van der Waals surface area contributed by atoms with Crippen LogP contribution in [0.2, 0.25) is 5.02 Å². The fourth-order valence-corrected chi connectivity index (χ4v) is 1.95. The summed E-state index contributed by atoms with van der Waals surface area (Å²) in [5.41, 5.74) is 0.517. The van der Waals surface area contributed by atoms with Gasteiger partial charge in [-0.25, -0.2) is 0 Å². The Morgan fingerprint density at radius 1 is 1.56 bits per heavy atom. The highest BCUT2D eigenvalue weighted by atomic mass is 35.5. The average Bonchev–Trinajstić information content (AvgIpc) is 2.29. The first-order chi connectivity index (χ1) is 8.50. The van der Waals surface area contributed by atoms with Gasteiger partial charge >= 0.3 is 5.97 Å². The molecule has 94 valence electrons. The van der Waals surface area contributed by atoms with Gasteiger partial charge in [0.05, 0.1) is 16.5 Å². The van der Waals surface area contributed by atoms with Gasteiger partial charge in [0.2, 0.25) is 0 Å². The highest BCUT2D eigenvalue weighted by Crippen LogP contribution is 2.39. The van der Waals surface area contributed by atoms with Crippen molar-refractivity contribution in [3.63, 3.8) is 0 Å². The van der Waals surface area contributed by atoms with E-state index in [1.54, 1.807) is 12.2 Å². The minimum Gasteiger partial charge on any atom is -0.341 e. The molecule has 1 heterocycles. The van der Waals surface area contributed by atoms with Gasteiger partial charge in [-0.05, 0) is 6.07 Å². The number of carbonyl (C=O) groups excluding carboxylic acids is 1. The molecule has 0 radical (unpaired) electrons. The third kappa shape index (κ3) is 2.14. The zero-order valence-corrected chi connectivity index (χ0v) is 10.2. The molecule has 0 N–H and O–H groups in total. The van der Waals surface area contributed by atoms with Gasteiger partial charge in [0, 0.05) is 18.6 Å². The normalized spacial score (nSPS) is 13.1. The maximum Gasteiger partial charge on any atom is 0.329 e. The summed E-state index contributed by atoms with van der Waals surface area (Å²) in [6.45, 7) is 1.47. The summed E-state index contributed by atoms with van der Waals surface area (Å²) < 4.78 is 0. The Balaban J connectivity index is 2.59. The van der Waals surface area contributed by atoms with Crippen LogP contribution in [-0.4, -0.2) is 17.4 Å². The highest BCUT2D eigenvalue weighted by molar-refractivity contribution is 6.32. The molecule has 1 aliphatic rings. The molecule has 7 heteroatoms. The smallest absolute Gasteiger partial charge is 0.329 e.